The Morgan fingerprint density at radius 1 is 0.815 bits per heavy atom. The Morgan fingerprint density at radius 3 is 2.15 bits per heavy atom. The van der Waals surface area contributed by atoms with E-state index < -0.39 is 0 Å². The van der Waals surface area contributed by atoms with E-state index in [1.165, 1.54) is 0 Å². The van der Waals surface area contributed by atoms with E-state index in [4.69, 9.17) is 9.47 Å². The third-order valence-corrected chi connectivity index (χ3v) is 5.47. The number of phenolic OH excluding ortho intramolecular Hbond substituents is 1. The van der Waals surface area contributed by atoms with Gasteiger partial charge in [0.2, 0.25) is 0 Å². The highest BCUT2D eigenvalue weighted by atomic mass is 32.1. The normalized spacial score (nSPS) is 10.7. The van der Waals surface area contributed by atoms with Crippen LogP contribution < -0.4 is 14.8 Å². The van der Waals surface area contributed by atoms with Gasteiger partial charge in [-0.05, 0) is 60.2 Å². The maximum absolute atomic E-state index is 9.53. The predicted molar refractivity (Wildman–Crippen MR) is 112 cm³/mol. The van der Waals surface area contributed by atoms with E-state index in [1.807, 2.05) is 30.3 Å². The summed E-state index contributed by atoms with van der Waals surface area (Å²) in [6, 6.07) is 21.2. The largest absolute Gasteiger partial charge is 0.508 e. The van der Waals surface area contributed by atoms with Gasteiger partial charge in [0.05, 0.1) is 14.2 Å². The quantitative estimate of drug-likeness (QED) is 0.417. The van der Waals surface area contributed by atoms with Crippen molar-refractivity contribution < 1.29 is 14.6 Å². The van der Waals surface area contributed by atoms with Gasteiger partial charge in [0.25, 0.3) is 0 Å². The van der Waals surface area contributed by atoms with Crippen molar-refractivity contribution in [1.29, 1.82) is 0 Å². The first kappa shape index (κ1) is 17.2. The Labute approximate surface area is 161 Å². The van der Waals surface area contributed by atoms with Crippen LogP contribution in [-0.4, -0.2) is 19.3 Å². The second-order valence-electron chi connectivity index (χ2n) is 6.07. The number of hydrogen-bond acceptors (Lipinski definition) is 5. The lowest BCUT2D eigenvalue weighted by Crippen LogP contribution is -1.90. The number of anilines is 2. The van der Waals surface area contributed by atoms with Crippen molar-refractivity contribution in [3.63, 3.8) is 0 Å². The molecule has 4 nitrogen and oxygen atoms in total. The Morgan fingerprint density at radius 2 is 1.48 bits per heavy atom. The van der Waals surface area contributed by atoms with Gasteiger partial charge in [-0.2, -0.15) is 0 Å². The average molecular weight is 377 g/mol. The minimum absolute atomic E-state index is 0.247. The highest BCUT2D eigenvalue weighted by Crippen LogP contribution is 2.45. The molecule has 0 spiro atoms. The molecular weight excluding hydrogens is 358 g/mol. The Hall–Kier alpha value is -3.18. The van der Waals surface area contributed by atoms with Crippen molar-refractivity contribution in [3.05, 3.63) is 66.7 Å². The highest BCUT2D eigenvalue weighted by molar-refractivity contribution is 7.23. The van der Waals surface area contributed by atoms with Gasteiger partial charge in [-0.25, -0.2) is 0 Å². The summed E-state index contributed by atoms with van der Waals surface area (Å²) < 4.78 is 11.8. The molecule has 0 bridgehead atoms. The molecule has 0 saturated carbocycles. The third kappa shape index (κ3) is 3.41. The number of hydrogen-bond donors (Lipinski definition) is 2. The van der Waals surface area contributed by atoms with Crippen LogP contribution in [-0.2, 0) is 0 Å². The smallest absolute Gasteiger partial charge is 0.120 e. The van der Waals surface area contributed by atoms with Gasteiger partial charge in [-0.15, -0.1) is 11.3 Å². The number of nitrogens with one attached hydrogen (secondary N) is 1. The summed E-state index contributed by atoms with van der Waals surface area (Å²) in [5, 5.41) is 15.2. The minimum atomic E-state index is 0.247. The van der Waals surface area contributed by atoms with Gasteiger partial charge in [0, 0.05) is 21.3 Å². The predicted octanol–water partition coefficient (Wildman–Crippen LogP) is 6.03. The fraction of sp³-hybridized carbons (Fsp3) is 0.0909. The summed E-state index contributed by atoms with van der Waals surface area (Å²) in [5.41, 5.74) is 3.16. The highest BCUT2D eigenvalue weighted by Gasteiger charge is 2.15. The van der Waals surface area contributed by atoms with Crippen LogP contribution in [0.25, 0.3) is 21.2 Å². The topological polar surface area (TPSA) is 50.7 Å². The molecule has 0 aliphatic carbocycles. The van der Waals surface area contributed by atoms with Gasteiger partial charge in [-0.3, -0.25) is 0 Å². The van der Waals surface area contributed by atoms with Gasteiger partial charge in [0.1, 0.15) is 22.2 Å². The molecule has 0 saturated heterocycles. The molecule has 27 heavy (non-hydrogen) atoms. The number of thiophene rings is 1. The summed E-state index contributed by atoms with van der Waals surface area (Å²) in [4.78, 5) is 0. The van der Waals surface area contributed by atoms with Crippen molar-refractivity contribution in [2.24, 2.45) is 0 Å². The van der Waals surface area contributed by atoms with Crippen LogP contribution >= 0.6 is 11.3 Å². The van der Waals surface area contributed by atoms with Crippen LogP contribution in [0.15, 0.2) is 66.7 Å². The van der Waals surface area contributed by atoms with Gasteiger partial charge in [0.15, 0.2) is 0 Å². The van der Waals surface area contributed by atoms with E-state index >= 15 is 0 Å². The number of benzene rings is 3. The van der Waals surface area contributed by atoms with E-state index in [0.717, 1.165) is 43.4 Å². The van der Waals surface area contributed by atoms with Crippen molar-refractivity contribution in [2.45, 2.75) is 0 Å². The maximum Gasteiger partial charge on any atom is 0.120 e. The molecule has 0 amide bonds. The van der Waals surface area contributed by atoms with Crippen molar-refractivity contribution in [3.8, 4) is 28.4 Å². The zero-order valence-corrected chi connectivity index (χ0v) is 15.8. The van der Waals surface area contributed by atoms with Crippen LogP contribution in [0.3, 0.4) is 0 Å². The lowest BCUT2D eigenvalue weighted by atomic mass is 10.0. The first-order valence-electron chi connectivity index (χ1n) is 8.49. The Balaban J connectivity index is 1.85. The molecule has 0 atom stereocenters. The standard InChI is InChI=1S/C22H19NO3S/c1-25-17-9-3-14(4-10-17)21-19-12-11-18(26-2)13-20(19)27-22(21)23-15-5-7-16(24)8-6-15/h3-13,23-24H,1-2H3. The first-order chi connectivity index (χ1) is 13.2. The average Bonchev–Trinajstić information content (AvgIpc) is 3.06. The van der Waals surface area contributed by atoms with Crippen molar-refractivity contribution in [1.82, 2.24) is 0 Å². The second kappa shape index (κ2) is 7.21. The minimum Gasteiger partial charge on any atom is -0.508 e. The Kier molecular flexibility index (Phi) is 4.60. The van der Waals surface area contributed by atoms with Crippen LogP contribution in [0.1, 0.15) is 0 Å². The SMILES string of the molecule is COc1ccc(-c2c(Nc3ccc(O)cc3)sc3cc(OC)ccc23)cc1. The van der Waals surface area contributed by atoms with E-state index in [2.05, 4.69) is 29.6 Å². The molecule has 3 aromatic carbocycles. The molecule has 1 aromatic heterocycles. The third-order valence-electron chi connectivity index (χ3n) is 4.40. The number of fused-ring (bicyclic) bond motifs is 1. The fourth-order valence-electron chi connectivity index (χ4n) is 3.01. The van der Waals surface area contributed by atoms with Gasteiger partial charge < -0.3 is 19.9 Å². The maximum atomic E-state index is 9.53. The van der Waals surface area contributed by atoms with Gasteiger partial charge in [-0.1, -0.05) is 12.1 Å². The summed E-state index contributed by atoms with van der Waals surface area (Å²) in [7, 11) is 3.34. The number of aromatic hydroxyl groups is 1. The number of ether oxygens (including phenoxy) is 2. The summed E-state index contributed by atoms with van der Waals surface area (Å²) in [6.07, 6.45) is 0. The number of rotatable bonds is 5. The van der Waals surface area contributed by atoms with E-state index in [9.17, 15) is 5.11 Å². The number of methoxy groups -OCH3 is 2. The molecule has 0 radical (unpaired) electrons. The molecule has 5 heteroatoms. The van der Waals surface area contributed by atoms with E-state index in [1.54, 1.807) is 37.7 Å². The summed E-state index contributed by atoms with van der Waals surface area (Å²) in [5.74, 6) is 1.91. The Bertz CT molecular complexity index is 1070. The summed E-state index contributed by atoms with van der Waals surface area (Å²) >= 11 is 1.67. The molecule has 1 heterocycles. The second-order valence-corrected chi connectivity index (χ2v) is 7.12. The summed E-state index contributed by atoms with van der Waals surface area (Å²) in [6.45, 7) is 0. The molecule has 4 rings (SSSR count). The molecule has 2 N–H and O–H groups in total. The molecule has 0 fully saturated rings. The first-order valence-corrected chi connectivity index (χ1v) is 9.30. The van der Waals surface area contributed by atoms with E-state index in [-0.39, 0.29) is 5.75 Å². The molecule has 0 aliphatic rings. The number of phenols is 1. The monoisotopic (exact) mass is 377 g/mol. The van der Waals surface area contributed by atoms with Crippen LogP contribution in [0.5, 0.6) is 17.2 Å². The molecule has 4 aromatic rings. The molecular formula is C22H19NO3S. The zero-order chi connectivity index (χ0) is 18.8. The van der Waals surface area contributed by atoms with Crippen LogP contribution in [0.4, 0.5) is 10.7 Å². The molecule has 0 aliphatic heterocycles. The van der Waals surface area contributed by atoms with Crippen molar-refractivity contribution >= 4 is 32.1 Å². The van der Waals surface area contributed by atoms with Crippen LogP contribution in [0.2, 0.25) is 0 Å². The zero-order valence-electron chi connectivity index (χ0n) is 15.0. The fourth-order valence-corrected chi connectivity index (χ4v) is 4.19. The van der Waals surface area contributed by atoms with Gasteiger partial charge >= 0.3 is 0 Å². The lowest BCUT2D eigenvalue weighted by Gasteiger charge is -2.09. The lowest BCUT2D eigenvalue weighted by molar-refractivity contribution is 0.415. The van der Waals surface area contributed by atoms with Crippen molar-refractivity contribution in [2.75, 3.05) is 19.5 Å². The van der Waals surface area contributed by atoms with Crippen LogP contribution in [0, 0.1) is 0 Å². The molecule has 0 unspecified atom stereocenters. The molecule has 136 valence electrons. The van der Waals surface area contributed by atoms with E-state index in [0.29, 0.717) is 0 Å².